The van der Waals surface area contributed by atoms with Crippen molar-refractivity contribution >= 4 is 23.6 Å². The van der Waals surface area contributed by atoms with Crippen LogP contribution in [0.15, 0.2) is 102 Å². The van der Waals surface area contributed by atoms with Gasteiger partial charge < -0.3 is 53.9 Å². The second-order valence-electron chi connectivity index (χ2n) is 17.6. The Kier molecular flexibility index (Phi) is 18.5. The van der Waals surface area contributed by atoms with Gasteiger partial charge in [0.1, 0.15) is 23.3 Å². The van der Waals surface area contributed by atoms with E-state index in [-0.39, 0.29) is 88.2 Å². The number of oxime groups is 1. The van der Waals surface area contributed by atoms with Crippen LogP contribution in [0.1, 0.15) is 81.3 Å². The van der Waals surface area contributed by atoms with Gasteiger partial charge in [0, 0.05) is 62.8 Å². The summed E-state index contributed by atoms with van der Waals surface area (Å²) in [5.74, 6) is -2.27. The van der Waals surface area contributed by atoms with Crippen molar-refractivity contribution in [3.8, 4) is 17.2 Å². The van der Waals surface area contributed by atoms with Gasteiger partial charge in [-0.2, -0.15) is 0 Å². The highest BCUT2D eigenvalue weighted by atomic mass is 16.8. The van der Waals surface area contributed by atoms with Crippen molar-refractivity contribution in [2.45, 2.75) is 94.8 Å². The second kappa shape index (κ2) is 25.1. The molecule has 3 aromatic rings. The Hall–Kier alpha value is -5.89. The maximum absolute atomic E-state index is 14.8. The van der Waals surface area contributed by atoms with Gasteiger partial charge in [0.15, 0.2) is 0 Å². The van der Waals surface area contributed by atoms with E-state index < -0.39 is 47.1 Å². The number of nitro groups is 1. The zero-order valence-electron chi connectivity index (χ0n) is 38.9. The molecule has 0 spiro atoms. The highest BCUT2D eigenvalue weighted by Gasteiger charge is 2.66. The van der Waals surface area contributed by atoms with Gasteiger partial charge in [-0.3, -0.25) is 15.0 Å². The third-order valence-corrected chi connectivity index (χ3v) is 13.1. The third-order valence-electron chi connectivity index (χ3n) is 13.1. The first-order valence-electron chi connectivity index (χ1n) is 24.0. The number of aliphatic hydroxyl groups excluding tert-OH is 3. The fourth-order valence-corrected chi connectivity index (χ4v) is 10.0. The second-order valence-corrected chi connectivity index (χ2v) is 17.6. The number of fused-ring (bicyclic) bond motifs is 2. The highest BCUT2D eigenvalue weighted by molar-refractivity contribution is 6.03. The topological polar surface area (TPSA) is 230 Å². The molecule has 2 amide bonds. The maximum atomic E-state index is 14.8. The first-order chi connectivity index (χ1) is 33.7. The zero-order valence-corrected chi connectivity index (χ0v) is 38.9. The normalized spacial score (nSPS) is 24.2. The van der Waals surface area contributed by atoms with E-state index in [4.69, 9.17) is 38.4 Å². The number of nitrogens with zero attached hydrogens (tertiary/aromatic N) is 3. The lowest BCUT2D eigenvalue weighted by molar-refractivity contribution is -0.384. The molecule has 0 radical (unpaired) electrons. The molecule has 18 heteroatoms. The monoisotopic (exact) mass is 956 g/mol. The van der Waals surface area contributed by atoms with Gasteiger partial charge in [-0.25, -0.2) is 9.59 Å². The van der Waals surface area contributed by atoms with Gasteiger partial charge in [0.05, 0.1) is 49.6 Å². The Morgan fingerprint density at radius 3 is 2.42 bits per heavy atom. The molecule has 2 aliphatic heterocycles. The summed E-state index contributed by atoms with van der Waals surface area (Å²) < 4.78 is 38.0. The average molecular weight is 957 g/mol. The van der Waals surface area contributed by atoms with Crippen LogP contribution in [0.4, 0.5) is 15.3 Å². The zero-order chi connectivity index (χ0) is 48.6. The SMILES string of the molecule is C=CCO[C@@]12Oc3ccc(OC(=O)NCc4ccccc4)cc3[C@H]3[C@H](CCCCO)[C@@H](CCCCO)C=C(C(=NOC4CCCCO4)C[C@@H]1N(CCOCCO)C(=O)Oc1ccc([N+](=O)[O-])cc1)[C@H]32. The number of carbonyl (C=O) groups excluding carboxylic acids is 2. The molecular weight excluding hydrogens is 893 g/mol. The summed E-state index contributed by atoms with van der Waals surface area (Å²) in [7, 11) is 0. The number of aliphatic hydroxyl groups is 3. The molecule has 69 heavy (non-hydrogen) atoms. The van der Waals surface area contributed by atoms with Crippen molar-refractivity contribution in [1.82, 2.24) is 10.2 Å². The number of nitro benzene ring substituents is 1. The standard InChI is InChI=1S/C51H64N4O14/c1-2-27-65-51-45(54(23-29-63-30-26-58)50(60)67-38-19-17-37(18-20-38)55(61)62)33-43(53-69-46-16-8-11-28-64-46)41-31-36(14-6-9-24-56)40(15-7-10-25-57)47(48(41)51)42-32-39(21-22-44(42)68-51)66-49(59)52-34-35-12-4-3-5-13-35/h2-5,12-13,17-22,31-32,36,40,45-48,56-58H,1,6-11,14-16,23-30,33-34H2,(H,52,59)/t36-,40+,45-,46?,47+,48+,51+/m0/s1. The minimum atomic E-state index is -1.68. The van der Waals surface area contributed by atoms with Crippen molar-refractivity contribution < 1.29 is 63.1 Å². The number of ether oxygens (including phenoxy) is 6. The Balaban J connectivity index is 1.39. The molecule has 2 fully saturated rings. The van der Waals surface area contributed by atoms with E-state index in [1.807, 2.05) is 36.4 Å². The van der Waals surface area contributed by atoms with Crippen LogP contribution in [0, 0.1) is 27.9 Å². The van der Waals surface area contributed by atoms with Crippen LogP contribution in [0.5, 0.6) is 17.2 Å². The van der Waals surface area contributed by atoms with Gasteiger partial charge in [0.2, 0.25) is 12.1 Å². The lowest BCUT2D eigenvalue weighted by Gasteiger charge is -2.59. The van der Waals surface area contributed by atoms with Crippen LogP contribution < -0.4 is 19.5 Å². The number of unbranched alkanes of at least 4 members (excludes halogenated alkanes) is 2. The summed E-state index contributed by atoms with van der Waals surface area (Å²) in [5.41, 5.74) is 2.75. The van der Waals surface area contributed by atoms with E-state index in [0.29, 0.717) is 56.6 Å². The van der Waals surface area contributed by atoms with Gasteiger partial charge in [-0.05, 0) is 91.8 Å². The molecule has 18 nitrogen and oxygen atoms in total. The average Bonchev–Trinajstić information content (AvgIpc) is 3.36. The minimum Gasteiger partial charge on any atom is -0.459 e. The molecule has 1 unspecified atom stereocenters. The summed E-state index contributed by atoms with van der Waals surface area (Å²) in [6.07, 6.45) is 8.11. The lowest BCUT2D eigenvalue weighted by atomic mass is 9.55. The smallest absolute Gasteiger partial charge is 0.415 e. The molecule has 2 aliphatic carbocycles. The first-order valence-corrected chi connectivity index (χ1v) is 24.0. The Labute approximate surface area is 401 Å². The van der Waals surface area contributed by atoms with E-state index in [9.17, 15) is 35.0 Å². The molecule has 372 valence electrons. The van der Waals surface area contributed by atoms with Crippen LogP contribution in [0.25, 0.3) is 0 Å². The number of hydrogen-bond acceptors (Lipinski definition) is 15. The van der Waals surface area contributed by atoms with Gasteiger partial charge in [-0.1, -0.05) is 60.5 Å². The van der Waals surface area contributed by atoms with Crippen LogP contribution in [-0.4, -0.2) is 114 Å². The van der Waals surface area contributed by atoms with Gasteiger partial charge in [0.25, 0.3) is 5.69 Å². The molecule has 3 aromatic carbocycles. The largest absolute Gasteiger partial charge is 0.459 e. The Bertz CT molecular complexity index is 2240. The molecule has 2 heterocycles. The Morgan fingerprint density at radius 2 is 1.71 bits per heavy atom. The number of rotatable bonds is 24. The predicted octanol–water partition coefficient (Wildman–Crippen LogP) is 7.55. The molecule has 1 saturated heterocycles. The highest BCUT2D eigenvalue weighted by Crippen LogP contribution is 2.62. The quantitative estimate of drug-likeness (QED) is 0.0294. The van der Waals surface area contributed by atoms with Gasteiger partial charge >= 0.3 is 12.2 Å². The van der Waals surface area contributed by atoms with E-state index in [2.05, 4.69) is 18.0 Å². The molecular formula is C51H64N4O14. The summed E-state index contributed by atoms with van der Waals surface area (Å²) in [5, 5.41) is 48.8. The number of non-ortho nitro benzene ring substituents is 1. The third kappa shape index (κ3) is 12.7. The molecule has 0 bridgehead atoms. The first kappa shape index (κ1) is 51.0. The summed E-state index contributed by atoms with van der Waals surface area (Å²) in [4.78, 5) is 46.8. The van der Waals surface area contributed by atoms with Crippen molar-refractivity contribution in [1.29, 1.82) is 0 Å². The predicted molar refractivity (Wildman–Crippen MR) is 253 cm³/mol. The van der Waals surface area contributed by atoms with Crippen LogP contribution >= 0.6 is 0 Å². The van der Waals surface area contributed by atoms with Gasteiger partial charge in [-0.15, -0.1) is 6.58 Å². The molecule has 7 atom stereocenters. The van der Waals surface area contributed by atoms with E-state index >= 15 is 0 Å². The van der Waals surface area contributed by atoms with Crippen LogP contribution in [0.3, 0.4) is 0 Å². The maximum Gasteiger partial charge on any atom is 0.415 e. The molecule has 0 aromatic heterocycles. The molecule has 7 rings (SSSR count). The summed E-state index contributed by atoms with van der Waals surface area (Å²) in [6.45, 7) is 4.43. The number of amides is 2. The Morgan fingerprint density at radius 1 is 0.942 bits per heavy atom. The number of carbonyl (C=O) groups is 2. The van der Waals surface area contributed by atoms with E-state index in [1.165, 1.54) is 29.2 Å². The fourth-order valence-electron chi connectivity index (χ4n) is 10.0. The van der Waals surface area contributed by atoms with Crippen molar-refractivity contribution in [3.63, 3.8) is 0 Å². The van der Waals surface area contributed by atoms with Crippen molar-refractivity contribution in [2.24, 2.45) is 22.9 Å². The minimum absolute atomic E-state index is 0.000711. The molecule has 4 aliphatic rings. The van der Waals surface area contributed by atoms with E-state index in [0.717, 1.165) is 36.0 Å². The number of nitrogens with one attached hydrogen (secondary N) is 1. The molecule has 1 saturated carbocycles. The summed E-state index contributed by atoms with van der Waals surface area (Å²) >= 11 is 0. The fraction of sp³-hybridized carbons (Fsp3) is 0.510. The van der Waals surface area contributed by atoms with Crippen LogP contribution in [0.2, 0.25) is 0 Å². The van der Waals surface area contributed by atoms with Crippen LogP contribution in [-0.2, 0) is 25.6 Å². The van der Waals surface area contributed by atoms with Crippen molar-refractivity contribution in [2.75, 3.05) is 52.8 Å². The number of benzene rings is 3. The summed E-state index contributed by atoms with van der Waals surface area (Å²) in [6, 6.07) is 18.8. The molecule has 4 N–H and O–H groups in total. The number of allylic oxidation sites excluding steroid dienone is 1. The number of hydrogen-bond donors (Lipinski definition) is 4. The van der Waals surface area contributed by atoms with E-state index in [1.54, 1.807) is 18.2 Å². The lowest BCUT2D eigenvalue weighted by Crippen LogP contribution is -2.70. The van der Waals surface area contributed by atoms with Crippen molar-refractivity contribution in [3.05, 3.63) is 118 Å².